The van der Waals surface area contributed by atoms with Crippen LogP contribution in [0.4, 0.5) is 0 Å². The van der Waals surface area contributed by atoms with E-state index >= 15 is 0 Å². The largest absolute Gasteiger partial charge is 0.468 e. The molecule has 1 N–H and O–H groups in total. The van der Waals surface area contributed by atoms with Crippen molar-refractivity contribution in [2.75, 3.05) is 19.6 Å². The van der Waals surface area contributed by atoms with Gasteiger partial charge in [-0.25, -0.2) is 4.98 Å². The topological polar surface area (TPSA) is 58.4 Å². The van der Waals surface area contributed by atoms with Crippen LogP contribution in [0.5, 0.6) is 0 Å². The second kappa shape index (κ2) is 8.99. The fourth-order valence-electron chi connectivity index (χ4n) is 2.66. The standard InChI is InChI=1S/C18H27N3O2S/c1-5-21(6-2)15(16-8-7-9-23-16)11-19-17(22)10-14-12-24-18(20-14)13(3)4/h7-9,12-13,15H,5-6,10-11H2,1-4H3,(H,19,22)/t15-/m1/s1. The van der Waals surface area contributed by atoms with Crippen molar-refractivity contribution in [1.82, 2.24) is 15.2 Å². The maximum absolute atomic E-state index is 12.3. The van der Waals surface area contributed by atoms with Crippen molar-refractivity contribution in [2.24, 2.45) is 0 Å². The Morgan fingerprint density at radius 1 is 1.38 bits per heavy atom. The monoisotopic (exact) mass is 349 g/mol. The third-order valence-corrected chi connectivity index (χ3v) is 5.22. The van der Waals surface area contributed by atoms with Crippen LogP contribution in [0.15, 0.2) is 28.2 Å². The molecule has 0 aliphatic heterocycles. The lowest BCUT2D eigenvalue weighted by Gasteiger charge is -2.28. The summed E-state index contributed by atoms with van der Waals surface area (Å²) in [7, 11) is 0. The molecule has 1 amide bonds. The fraction of sp³-hybridized carbons (Fsp3) is 0.556. The second-order valence-corrected chi connectivity index (χ2v) is 6.95. The summed E-state index contributed by atoms with van der Waals surface area (Å²) in [5.74, 6) is 1.28. The Labute approximate surface area is 148 Å². The summed E-state index contributed by atoms with van der Waals surface area (Å²) >= 11 is 1.62. The number of hydrogen-bond acceptors (Lipinski definition) is 5. The van der Waals surface area contributed by atoms with Gasteiger partial charge in [0.05, 0.1) is 29.4 Å². The molecule has 0 saturated heterocycles. The molecule has 132 valence electrons. The first-order chi connectivity index (χ1) is 11.5. The third-order valence-electron chi connectivity index (χ3n) is 4.02. The fourth-order valence-corrected chi connectivity index (χ4v) is 3.50. The molecule has 5 nitrogen and oxygen atoms in total. The Hall–Kier alpha value is -1.66. The molecule has 6 heteroatoms. The van der Waals surface area contributed by atoms with E-state index in [2.05, 4.69) is 42.9 Å². The number of rotatable bonds is 9. The Morgan fingerprint density at radius 3 is 2.67 bits per heavy atom. The zero-order valence-corrected chi connectivity index (χ0v) is 15.7. The van der Waals surface area contributed by atoms with E-state index in [0.717, 1.165) is 29.6 Å². The van der Waals surface area contributed by atoms with Gasteiger partial charge in [0.15, 0.2) is 0 Å². The van der Waals surface area contributed by atoms with Gasteiger partial charge in [0.2, 0.25) is 5.91 Å². The predicted octanol–water partition coefficient (Wildman–Crippen LogP) is 3.60. The molecule has 2 aromatic heterocycles. The van der Waals surface area contributed by atoms with Crippen LogP contribution < -0.4 is 5.32 Å². The van der Waals surface area contributed by atoms with Gasteiger partial charge in [-0.2, -0.15) is 0 Å². The van der Waals surface area contributed by atoms with Crippen molar-refractivity contribution < 1.29 is 9.21 Å². The van der Waals surface area contributed by atoms with E-state index in [1.165, 1.54) is 0 Å². The summed E-state index contributed by atoms with van der Waals surface area (Å²) in [5.41, 5.74) is 0.846. The molecule has 0 radical (unpaired) electrons. The average molecular weight is 350 g/mol. The molecular weight excluding hydrogens is 322 g/mol. The van der Waals surface area contributed by atoms with Gasteiger partial charge >= 0.3 is 0 Å². The Morgan fingerprint density at radius 2 is 2.12 bits per heavy atom. The molecule has 1 atom stereocenters. The number of likely N-dealkylation sites (N-methyl/N-ethyl adjacent to an activating group) is 1. The van der Waals surface area contributed by atoms with Crippen molar-refractivity contribution in [1.29, 1.82) is 0 Å². The molecule has 0 bridgehead atoms. The number of carbonyl (C=O) groups excluding carboxylic acids is 1. The van der Waals surface area contributed by atoms with Gasteiger partial charge in [-0.1, -0.05) is 27.7 Å². The molecule has 2 rings (SSSR count). The molecule has 0 saturated carbocycles. The number of furan rings is 1. The van der Waals surface area contributed by atoms with E-state index in [9.17, 15) is 4.79 Å². The lowest BCUT2D eigenvalue weighted by Crippen LogP contribution is -2.38. The first kappa shape index (κ1) is 18.7. The van der Waals surface area contributed by atoms with Crippen LogP contribution in [0.2, 0.25) is 0 Å². The predicted molar refractivity (Wildman–Crippen MR) is 97.3 cm³/mol. The molecule has 24 heavy (non-hydrogen) atoms. The number of thiazole rings is 1. The van der Waals surface area contributed by atoms with Crippen molar-refractivity contribution in [2.45, 2.75) is 46.1 Å². The molecule has 0 fully saturated rings. The summed E-state index contributed by atoms with van der Waals surface area (Å²) < 4.78 is 5.56. The zero-order valence-electron chi connectivity index (χ0n) is 14.9. The second-order valence-electron chi connectivity index (χ2n) is 6.07. The van der Waals surface area contributed by atoms with Crippen LogP contribution >= 0.6 is 11.3 Å². The SMILES string of the molecule is CCN(CC)[C@H](CNC(=O)Cc1csc(C(C)C)n1)c1ccco1. The maximum Gasteiger partial charge on any atom is 0.226 e. The quantitative estimate of drug-likeness (QED) is 0.751. The number of hydrogen-bond donors (Lipinski definition) is 1. The van der Waals surface area contributed by atoms with E-state index in [0.29, 0.717) is 18.9 Å². The highest BCUT2D eigenvalue weighted by Gasteiger charge is 2.21. The van der Waals surface area contributed by atoms with Gasteiger partial charge in [-0.05, 0) is 25.2 Å². The van der Waals surface area contributed by atoms with E-state index in [1.54, 1.807) is 17.6 Å². The minimum absolute atomic E-state index is 0.000631. The van der Waals surface area contributed by atoms with E-state index in [1.807, 2.05) is 17.5 Å². The van der Waals surface area contributed by atoms with Gasteiger partial charge in [0.1, 0.15) is 5.76 Å². The van der Waals surface area contributed by atoms with Crippen molar-refractivity contribution in [3.05, 3.63) is 40.2 Å². The van der Waals surface area contributed by atoms with Crippen LogP contribution in [0.25, 0.3) is 0 Å². The number of carbonyl (C=O) groups is 1. The first-order valence-electron chi connectivity index (χ1n) is 8.53. The molecule has 2 aromatic rings. The molecule has 0 aliphatic carbocycles. The lowest BCUT2D eigenvalue weighted by atomic mass is 10.1. The van der Waals surface area contributed by atoms with Crippen molar-refractivity contribution in [3.8, 4) is 0 Å². The van der Waals surface area contributed by atoms with E-state index in [4.69, 9.17) is 4.42 Å². The number of amides is 1. The normalized spacial score (nSPS) is 12.8. The molecule has 0 spiro atoms. The number of aromatic nitrogens is 1. The highest BCUT2D eigenvalue weighted by Crippen LogP contribution is 2.21. The first-order valence-corrected chi connectivity index (χ1v) is 9.41. The van der Waals surface area contributed by atoms with Crippen molar-refractivity contribution >= 4 is 17.2 Å². The van der Waals surface area contributed by atoms with Crippen molar-refractivity contribution in [3.63, 3.8) is 0 Å². The highest BCUT2D eigenvalue weighted by atomic mass is 32.1. The van der Waals surface area contributed by atoms with Crippen LogP contribution in [0.1, 0.15) is 56.1 Å². The van der Waals surface area contributed by atoms with Gasteiger partial charge in [-0.15, -0.1) is 11.3 Å². The minimum atomic E-state index is -0.000631. The summed E-state index contributed by atoms with van der Waals surface area (Å²) in [4.78, 5) is 19.1. The summed E-state index contributed by atoms with van der Waals surface area (Å²) in [6.45, 7) is 10.8. The molecule has 2 heterocycles. The molecule has 0 aromatic carbocycles. The summed E-state index contributed by atoms with van der Waals surface area (Å²) in [6, 6.07) is 3.90. The zero-order chi connectivity index (χ0) is 17.5. The maximum atomic E-state index is 12.3. The van der Waals surface area contributed by atoms with Crippen LogP contribution in [0, 0.1) is 0 Å². The Kier molecular flexibility index (Phi) is 6.99. The van der Waals surface area contributed by atoms with Crippen LogP contribution in [0.3, 0.4) is 0 Å². The average Bonchev–Trinajstić information content (AvgIpc) is 3.23. The van der Waals surface area contributed by atoms with Gasteiger partial charge < -0.3 is 9.73 Å². The summed E-state index contributed by atoms with van der Waals surface area (Å²) in [5, 5.41) is 6.08. The van der Waals surface area contributed by atoms with Gasteiger partial charge in [0.25, 0.3) is 0 Å². The summed E-state index contributed by atoms with van der Waals surface area (Å²) in [6.07, 6.45) is 2.00. The molecule has 0 unspecified atom stereocenters. The smallest absolute Gasteiger partial charge is 0.226 e. The number of nitrogens with one attached hydrogen (secondary N) is 1. The van der Waals surface area contributed by atoms with Crippen LogP contribution in [-0.2, 0) is 11.2 Å². The third kappa shape index (κ3) is 4.92. The highest BCUT2D eigenvalue weighted by molar-refractivity contribution is 7.09. The Balaban J connectivity index is 1.94. The van der Waals surface area contributed by atoms with E-state index < -0.39 is 0 Å². The minimum Gasteiger partial charge on any atom is -0.468 e. The molecular formula is C18H27N3O2S. The molecule has 0 aliphatic rings. The van der Waals surface area contributed by atoms with Crippen LogP contribution in [-0.4, -0.2) is 35.4 Å². The Bertz CT molecular complexity index is 618. The number of nitrogens with zero attached hydrogens (tertiary/aromatic N) is 2. The van der Waals surface area contributed by atoms with E-state index in [-0.39, 0.29) is 11.9 Å². The van der Waals surface area contributed by atoms with Gasteiger partial charge in [-0.3, -0.25) is 9.69 Å². The van der Waals surface area contributed by atoms with Gasteiger partial charge in [0, 0.05) is 17.8 Å². The lowest BCUT2D eigenvalue weighted by molar-refractivity contribution is -0.120.